The molecule has 90 valence electrons. The van der Waals surface area contributed by atoms with E-state index >= 15 is 0 Å². The number of hydrogen-bond donors (Lipinski definition) is 1. The van der Waals surface area contributed by atoms with E-state index in [9.17, 15) is 5.11 Å². The van der Waals surface area contributed by atoms with Crippen molar-refractivity contribution in [3.05, 3.63) is 22.4 Å². The third-order valence-corrected chi connectivity index (χ3v) is 4.09. The molecule has 1 unspecified atom stereocenters. The van der Waals surface area contributed by atoms with Gasteiger partial charge in [-0.1, -0.05) is 0 Å². The summed E-state index contributed by atoms with van der Waals surface area (Å²) in [4.78, 5) is 0. The van der Waals surface area contributed by atoms with E-state index in [1.807, 2.05) is 5.38 Å². The average molecular weight is 242 g/mol. The Balaban J connectivity index is 2.02. The first-order chi connectivity index (χ1) is 7.77. The zero-order valence-electron chi connectivity index (χ0n) is 9.52. The van der Waals surface area contributed by atoms with Crippen LogP contribution in [0.15, 0.2) is 16.8 Å². The maximum atomic E-state index is 10.3. The summed E-state index contributed by atoms with van der Waals surface area (Å²) in [5.74, 6) is 0. The molecule has 1 saturated heterocycles. The first kappa shape index (κ1) is 12.0. The Labute approximate surface area is 100 Å². The summed E-state index contributed by atoms with van der Waals surface area (Å²) in [6.45, 7) is 1.35. The van der Waals surface area contributed by atoms with Gasteiger partial charge in [-0.05, 0) is 22.4 Å². The highest BCUT2D eigenvalue weighted by Crippen LogP contribution is 2.30. The summed E-state index contributed by atoms with van der Waals surface area (Å²) in [6.07, 6.45) is 1.76. The first-order valence-electron chi connectivity index (χ1n) is 5.59. The number of methoxy groups -OCH3 is 1. The Morgan fingerprint density at radius 2 is 2.31 bits per heavy atom. The van der Waals surface area contributed by atoms with Gasteiger partial charge in [-0.2, -0.15) is 11.3 Å². The van der Waals surface area contributed by atoms with Crippen LogP contribution in [0.3, 0.4) is 0 Å². The molecule has 2 heterocycles. The molecule has 1 atom stereocenters. The normalized spacial score (nSPS) is 21.9. The van der Waals surface area contributed by atoms with Crippen molar-refractivity contribution in [1.29, 1.82) is 0 Å². The highest BCUT2D eigenvalue weighted by atomic mass is 32.1. The summed E-state index contributed by atoms with van der Waals surface area (Å²) in [5.41, 5.74) is 0.764. The second kappa shape index (κ2) is 5.27. The van der Waals surface area contributed by atoms with Crippen LogP contribution < -0.4 is 0 Å². The van der Waals surface area contributed by atoms with E-state index < -0.39 is 11.7 Å². The molecule has 1 aromatic rings. The van der Waals surface area contributed by atoms with E-state index in [1.165, 1.54) is 5.56 Å². The lowest BCUT2D eigenvalue weighted by molar-refractivity contribution is -0.151. The van der Waals surface area contributed by atoms with E-state index in [1.54, 1.807) is 18.4 Å². The van der Waals surface area contributed by atoms with Crippen LogP contribution in [-0.2, 0) is 15.9 Å². The minimum absolute atomic E-state index is 0.416. The zero-order valence-corrected chi connectivity index (χ0v) is 10.3. The molecule has 1 aromatic heterocycles. The average Bonchev–Trinajstić information content (AvgIpc) is 2.82. The van der Waals surface area contributed by atoms with Crippen LogP contribution in [0.2, 0.25) is 0 Å². The molecule has 2 rings (SSSR count). The summed E-state index contributed by atoms with van der Waals surface area (Å²) in [6, 6.07) is 2.05. The minimum Gasteiger partial charge on any atom is -0.390 e. The smallest absolute Gasteiger partial charge is 0.0983 e. The van der Waals surface area contributed by atoms with Crippen molar-refractivity contribution in [3.8, 4) is 0 Å². The van der Waals surface area contributed by atoms with Crippen LogP contribution in [0.4, 0.5) is 0 Å². The van der Waals surface area contributed by atoms with Crippen LogP contribution in [0.5, 0.6) is 0 Å². The summed E-state index contributed by atoms with van der Waals surface area (Å²) in [7, 11) is 1.68. The number of aliphatic hydroxyl groups is 1. The second-order valence-corrected chi connectivity index (χ2v) is 5.01. The lowest BCUT2D eigenvalue weighted by Gasteiger charge is -2.39. The van der Waals surface area contributed by atoms with Gasteiger partial charge in [-0.15, -0.1) is 0 Å². The molecule has 0 amide bonds. The Hall–Kier alpha value is -0.420. The Bertz CT molecular complexity index is 304. The largest absolute Gasteiger partial charge is 0.390 e. The number of thiophene rings is 1. The molecule has 0 saturated carbocycles. The standard InChI is InChI=1S/C12H18O3S/c1-14-12(3-5-15-6-4-12)11(13)8-10-2-7-16-9-10/h2,7,9,11,13H,3-6,8H2,1H3. The fourth-order valence-electron chi connectivity index (χ4n) is 2.21. The zero-order chi connectivity index (χ0) is 11.4. The third kappa shape index (κ3) is 2.46. The maximum Gasteiger partial charge on any atom is 0.0983 e. The fraction of sp³-hybridized carbons (Fsp3) is 0.667. The fourth-order valence-corrected chi connectivity index (χ4v) is 2.89. The van der Waals surface area contributed by atoms with Gasteiger partial charge in [0, 0.05) is 39.6 Å². The summed E-state index contributed by atoms with van der Waals surface area (Å²) >= 11 is 1.66. The van der Waals surface area contributed by atoms with Crippen LogP contribution in [0, 0.1) is 0 Å². The monoisotopic (exact) mass is 242 g/mol. The topological polar surface area (TPSA) is 38.7 Å². The summed E-state index contributed by atoms with van der Waals surface area (Å²) < 4.78 is 10.9. The van der Waals surface area contributed by atoms with Crippen LogP contribution in [0.25, 0.3) is 0 Å². The quantitative estimate of drug-likeness (QED) is 0.875. The number of hydrogen-bond acceptors (Lipinski definition) is 4. The van der Waals surface area contributed by atoms with Gasteiger partial charge in [0.1, 0.15) is 0 Å². The van der Waals surface area contributed by atoms with Crippen molar-refractivity contribution in [2.75, 3.05) is 20.3 Å². The van der Waals surface area contributed by atoms with Crippen molar-refractivity contribution in [2.45, 2.75) is 31.0 Å². The molecule has 0 spiro atoms. The van der Waals surface area contributed by atoms with Gasteiger partial charge in [0.05, 0.1) is 11.7 Å². The van der Waals surface area contributed by atoms with Gasteiger partial charge in [0.25, 0.3) is 0 Å². The predicted molar refractivity (Wildman–Crippen MR) is 63.8 cm³/mol. The van der Waals surface area contributed by atoms with Gasteiger partial charge in [0.2, 0.25) is 0 Å². The second-order valence-electron chi connectivity index (χ2n) is 4.23. The molecule has 0 radical (unpaired) electrons. The van der Waals surface area contributed by atoms with Gasteiger partial charge < -0.3 is 14.6 Å². The van der Waals surface area contributed by atoms with Gasteiger partial charge in [0.15, 0.2) is 0 Å². The number of ether oxygens (including phenoxy) is 2. The SMILES string of the molecule is COC1(C(O)Cc2ccsc2)CCOCC1. The van der Waals surface area contributed by atoms with Gasteiger partial charge >= 0.3 is 0 Å². The predicted octanol–water partition coefficient (Wildman–Crippen LogP) is 1.85. The van der Waals surface area contributed by atoms with Crippen molar-refractivity contribution < 1.29 is 14.6 Å². The minimum atomic E-state index is -0.448. The highest BCUT2D eigenvalue weighted by molar-refractivity contribution is 7.07. The Morgan fingerprint density at radius 3 is 2.88 bits per heavy atom. The van der Waals surface area contributed by atoms with E-state index in [0.717, 1.165) is 12.8 Å². The third-order valence-electron chi connectivity index (χ3n) is 3.36. The van der Waals surface area contributed by atoms with Crippen LogP contribution >= 0.6 is 11.3 Å². The molecule has 1 N–H and O–H groups in total. The molecule has 1 fully saturated rings. The number of aliphatic hydroxyl groups excluding tert-OH is 1. The first-order valence-corrected chi connectivity index (χ1v) is 6.53. The van der Waals surface area contributed by atoms with Crippen molar-refractivity contribution in [2.24, 2.45) is 0 Å². The maximum absolute atomic E-state index is 10.3. The molecule has 1 aliphatic heterocycles. The molecule has 4 heteroatoms. The number of rotatable bonds is 4. The Morgan fingerprint density at radius 1 is 1.56 bits per heavy atom. The Kier molecular flexibility index (Phi) is 3.97. The highest BCUT2D eigenvalue weighted by Gasteiger charge is 2.39. The molecule has 3 nitrogen and oxygen atoms in total. The molecule has 16 heavy (non-hydrogen) atoms. The van der Waals surface area contributed by atoms with Crippen molar-refractivity contribution >= 4 is 11.3 Å². The molecule has 1 aliphatic rings. The lowest BCUT2D eigenvalue weighted by Crippen LogP contribution is -2.49. The van der Waals surface area contributed by atoms with E-state index in [4.69, 9.17) is 9.47 Å². The van der Waals surface area contributed by atoms with Crippen molar-refractivity contribution in [1.82, 2.24) is 0 Å². The van der Waals surface area contributed by atoms with Gasteiger partial charge in [-0.25, -0.2) is 0 Å². The lowest BCUT2D eigenvalue weighted by atomic mass is 9.85. The molecule has 0 aromatic carbocycles. The van der Waals surface area contributed by atoms with Crippen LogP contribution in [0.1, 0.15) is 18.4 Å². The molecule has 0 bridgehead atoms. The van der Waals surface area contributed by atoms with E-state index in [-0.39, 0.29) is 0 Å². The van der Waals surface area contributed by atoms with Crippen LogP contribution in [-0.4, -0.2) is 37.1 Å². The van der Waals surface area contributed by atoms with E-state index in [2.05, 4.69) is 11.4 Å². The molecular formula is C12H18O3S. The van der Waals surface area contributed by atoms with E-state index in [0.29, 0.717) is 19.6 Å². The molecule has 0 aliphatic carbocycles. The van der Waals surface area contributed by atoms with Crippen molar-refractivity contribution in [3.63, 3.8) is 0 Å². The molecular weight excluding hydrogens is 224 g/mol. The summed E-state index contributed by atoms with van der Waals surface area (Å²) in [5, 5.41) is 14.4. The van der Waals surface area contributed by atoms with Gasteiger partial charge in [-0.3, -0.25) is 0 Å².